The molecular formula is C29H32FN2O3S+. The van der Waals surface area contributed by atoms with Crippen molar-refractivity contribution in [2.75, 3.05) is 5.75 Å². The van der Waals surface area contributed by atoms with Crippen LogP contribution in [-0.4, -0.2) is 20.8 Å². The maximum Gasteiger partial charge on any atom is 0.254 e. The fraction of sp³-hybridized carbons (Fsp3) is 0.276. The highest BCUT2D eigenvalue weighted by Crippen LogP contribution is 2.29. The topological polar surface area (TPSA) is 71.3 Å². The zero-order valence-corrected chi connectivity index (χ0v) is 21.9. The van der Waals surface area contributed by atoms with Crippen LogP contribution < -0.4 is 5.32 Å². The summed E-state index contributed by atoms with van der Waals surface area (Å²) in [5, 5.41) is 3.58. The Morgan fingerprint density at radius 3 is 2.42 bits per heavy atom. The molecule has 5 nitrogen and oxygen atoms in total. The Balaban J connectivity index is 1.58. The molecule has 0 spiro atoms. The van der Waals surface area contributed by atoms with Crippen molar-refractivity contribution in [3.63, 3.8) is 0 Å². The fourth-order valence-corrected chi connectivity index (χ4v) is 5.39. The molecule has 188 valence electrons. The van der Waals surface area contributed by atoms with Gasteiger partial charge in [-0.05, 0) is 74.7 Å². The average Bonchev–Trinajstić information content (AvgIpc) is 3.20. The van der Waals surface area contributed by atoms with Gasteiger partial charge >= 0.3 is 0 Å². The van der Waals surface area contributed by atoms with Gasteiger partial charge in [0.05, 0.1) is 11.1 Å². The number of benzene rings is 3. The van der Waals surface area contributed by atoms with Gasteiger partial charge in [-0.15, -0.1) is 0 Å². The number of halogens is 1. The summed E-state index contributed by atoms with van der Waals surface area (Å²) >= 11 is 0. The second-order valence-corrected chi connectivity index (χ2v) is 11.7. The van der Waals surface area contributed by atoms with Crippen molar-refractivity contribution in [1.29, 1.82) is 0 Å². The minimum Gasteiger partial charge on any atom is -0.348 e. The Morgan fingerprint density at radius 2 is 1.78 bits per heavy atom. The van der Waals surface area contributed by atoms with E-state index in [0.717, 1.165) is 28.6 Å². The molecule has 1 heterocycles. The lowest BCUT2D eigenvalue weighted by atomic mass is 10.0. The van der Waals surface area contributed by atoms with Crippen LogP contribution in [-0.2, 0) is 27.4 Å². The summed E-state index contributed by atoms with van der Waals surface area (Å²) in [6.07, 6.45) is 0.719. The van der Waals surface area contributed by atoms with Gasteiger partial charge in [0.1, 0.15) is 11.6 Å². The SMILES string of the molecule is CC[S+](=O)(O)c1ccc(CNC(=O)c2cc3cc(Cc4ccccc4C)n(C(C)C)c3cc2F)cc1. The summed E-state index contributed by atoms with van der Waals surface area (Å²) in [5.41, 5.74) is 5.00. The lowest BCUT2D eigenvalue weighted by Crippen LogP contribution is -2.24. The van der Waals surface area contributed by atoms with Crippen LogP contribution in [0.15, 0.2) is 71.6 Å². The molecule has 0 aliphatic heterocycles. The van der Waals surface area contributed by atoms with Gasteiger partial charge in [-0.3, -0.25) is 4.79 Å². The highest BCUT2D eigenvalue weighted by molar-refractivity contribution is 7.97. The smallest absolute Gasteiger partial charge is 0.254 e. The van der Waals surface area contributed by atoms with E-state index in [1.807, 2.05) is 18.2 Å². The van der Waals surface area contributed by atoms with Crippen molar-refractivity contribution >= 4 is 27.0 Å². The minimum atomic E-state index is -3.03. The van der Waals surface area contributed by atoms with E-state index >= 15 is 4.39 Å². The molecule has 0 aliphatic carbocycles. The van der Waals surface area contributed by atoms with Crippen molar-refractivity contribution in [3.8, 4) is 0 Å². The van der Waals surface area contributed by atoms with E-state index in [0.29, 0.717) is 4.90 Å². The molecule has 0 bridgehead atoms. The highest BCUT2D eigenvalue weighted by Gasteiger charge is 2.25. The van der Waals surface area contributed by atoms with Crippen LogP contribution in [0.4, 0.5) is 4.39 Å². The standard InChI is InChI=1S/C29H31FN2O3S/c1-5-36(34,35)25-12-10-21(11-13-25)18-31-29(33)26-16-23-15-24(14-22-9-7-6-8-20(22)4)32(19(2)3)28(23)17-27(26)30/h6-13,15-17,19H,5,14,18H2,1-4H3,(H-,31,33,34,35)/p+1. The number of nitrogens with one attached hydrogen (secondary N) is 1. The van der Waals surface area contributed by atoms with Crippen LogP contribution in [0.3, 0.4) is 0 Å². The first-order valence-electron chi connectivity index (χ1n) is 12.1. The van der Waals surface area contributed by atoms with E-state index in [9.17, 15) is 13.6 Å². The number of fused-ring (bicyclic) bond motifs is 1. The van der Waals surface area contributed by atoms with Gasteiger partial charge in [0.2, 0.25) is 10.2 Å². The fourth-order valence-electron chi connectivity index (χ4n) is 4.50. The molecule has 1 unspecified atom stereocenters. The average molecular weight is 508 g/mol. The predicted octanol–water partition coefficient (Wildman–Crippen LogP) is 6.54. The summed E-state index contributed by atoms with van der Waals surface area (Å²) in [4.78, 5) is 13.2. The first kappa shape index (κ1) is 25.8. The van der Waals surface area contributed by atoms with Crippen molar-refractivity contribution < 1.29 is 17.9 Å². The summed E-state index contributed by atoms with van der Waals surface area (Å²) in [6.45, 7) is 8.06. The number of hydrogen-bond acceptors (Lipinski definition) is 2. The third-order valence-corrected chi connectivity index (χ3v) is 8.33. The number of rotatable bonds is 8. The van der Waals surface area contributed by atoms with Gasteiger partial charge in [0, 0.05) is 30.1 Å². The normalized spacial score (nSPS) is 13.2. The van der Waals surface area contributed by atoms with Crippen LogP contribution in [0, 0.1) is 12.7 Å². The third kappa shape index (κ3) is 5.27. The molecule has 0 fully saturated rings. The predicted molar refractivity (Wildman–Crippen MR) is 143 cm³/mol. The number of aromatic nitrogens is 1. The largest absolute Gasteiger partial charge is 0.348 e. The Kier molecular flexibility index (Phi) is 7.43. The van der Waals surface area contributed by atoms with Crippen LogP contribution >= 0.6 is 0 Å². The zero-order valence-electron chi connectivity index (χ0n) is 21.0. The molecule has 0 aliphatic rings. The molecule has 2 N–H and O–H groups in total. The molecule has 7 heteroatoms. The van der Waals surface area contributed by atoms with Crippen molar-refractivity contribution in [2.45, 2.75) is 51.6 Å². The second kappa shape index (κ2) is 10.4. The van der Waals surface area contributed by atoms with Gasteiger partial charge in [0.15, 0.2) is 4.90 Å². The van der Waals surface area contributed by atoms with E-state index in [2.05, 4.69) is 42.8 Å². The summed E-state index contributed by atoms with van der Waals surface area (Å²) < 4.78 is 39.3. The Bertz CT molecular complexity index is 1460. The van der Waals surface area contributed by atoms with Gasteiger partial charge in [-0.1, -0.05) is 40.6 Å². The molecule has 0 radical (unpaired) electrons. The van der Waals surface area contributed by atoms with E-state index < -0.39 is 21.9 Å². The number of carbonyl (C=O) groups excluding carboxylic acids is 1. The summed E-state index contributed by atoms with van der Waals surface area (Å²) in [7, 11) is -3.03. The Morgan fingerprint density at radius 1 is 1.08 bits per heavy atom. The summed E-state index contributed by atoms with van der Waals surface area (Å²) in [6, 6.07) is 20.0. The quantitative estimate of drug-likeness (QED) is 0.266. The first-order chi connectivity index (χ1) is 17.1. The van der Waals surface area contributed by atoms with Crippen LogP contribution in [0.25, 0.3) is 10.9 Å². The molecule has 4 rings (SSSR count). The molecule has 0 saturated carbocycles. The van der Waals surface area contributed by atoms with E-state index in [4.69, 9.17) is 0 Å². The Hall–Kier alpha value is -3.29. The number of amides is 1. The number of carbonyl (C=O) groups is 1. The molecule has 1 atom stereocenters. The van der Waals surface area contributed by atoms with Crippen LogP contribution in [0.1, 0.15) is 59.6 Å². The number of hydrogen-bond donors (Lipinski definition) is 2. The minimum absolute atomic E-state index is 0.00757. The van der Waals surface area contributed by atoms with Crippen molar-refractivity contribution in [3.05, 3.63) is 100 Å². The van der Waals surface area contributed by atoms with Gasteiger partial charge < -0.3 is 9.88 Å². The monoisotopic (exact) mass is 507 g/mol. The number of aryl methyl sites for hydroxylation is 1. The third-order valence-electron chi connectivity index (χ3n) is 6.54. The zero-order chi connectivity index (χ0) is 26.0. The number of nitrogens with zero attached hydrogens (tertiary/aromatic N) is 1. The molecule has 36 heavy (non-hydrogen) atoms. The maximum absolute atomic E-state index is 15.1. The van der Waals surface area contributed by atoms with Gasteiger partial charge in [-0.2, -0.15) is 4.55 Å². The van der Waals surface area contributed by atoms with Crippen molar-refractivity contribution in [1.82, 2.24) is 9.88 Å². The van der Waals surface area contributed by atoms with E-state index in [-0.39, 0.29) is 23.9 Å². The summed E-state index contributed by atoms with van der Waals surface area (Å²) in [5.74, 6) is -0.938. The van der Waals surface area contributed by atoms with Gasteiger partial charge in [-0.25, -0.2) is 4.39 Å². The molecule has 1 aromatic heterocycles. The van der Waals surface area contributed by atoms with E-state index in [1.54, 1.807) is 37.3 Å². The van der Waals surface area contributed by atoms with E-state index in [1.165, 1.54) is 17.2 Å². The molecule has 4 aromatic rings. The lowest BCUT2D eigenvalue weighted by molar-refractivity contribution is 0.0947. The first-order valence-corrected chi connectivity index (χ1v) is 13.8. The van der Waals surface area contributed by atoms with Crippen LogP contribution in [0.2, 0.25) is 0 Å². The lowest BCUT2D eigenvalue weighted by Gasteiger charge is -2.16. The molecule has 1 amide bonds. The maximum atomic E-state index is 15.1. The molecule has 0 saturated heterocycles. The Labute approximate surface area is 212 Å². The van der Waals surface area contributed by atoms with Crippen LogP contribution in [0.5, 0.6) is 0 Å². The molecule has 3 aromatic carbocycles. The van der Waals surface area contributed by atoms with Crippen molar-refractivity contribution in [2.24, 2.45) is 0 Å². The molecular weight excluding hydrogens is 475 g/mol. The highest BCUT2D eigenvalue weighted by atomic mass is 32.3. The second-order valence-electron chi connectivity index (χ2n) is 9.35. The van der Waals surface area contributed by atoms with Gasteiger partial charge in [0.25, 0.3) is 5.91 Å².